The molecule has 0 saturated carbocycles. The molecule has 0 aromatic heterocycles. The fourth-order valence-electron chi connectivity index (χ4n) is 1.70. The van der Waals surface area contributed by atoms with Crippen LogP contribution in [0, 0.1) is 6.92 Å². The third kappa shape index (κ3) is 3.24. The molecule has 0 N–H and O–H groups in total. The fraction of sp³-hybridized carbons (Fsp3) is 0.462. The number of carbonyl (C=O) groups excluding carboxylic acids is 1. The highest BCUT2D eigenvalue weighted by Gasteiger charge is 2.08. The van der Waals surface area contributed by atoms with Gasteiger partial charge in [-0.3, -0.25) is 4.79 Å². The van der Waals surface area contributed by atoms with Gasteiger partial charge >= 0.3 is 0 Å². The number of ketones is 1. The number of benzene rings is 1. The Morgan fingerprint density at radius 2 is 2.06 bits per heavy atom. The predicted octanol–water partition coefficient (Wildman–Crippen LogP) is 3.26. The van der Waals surface area contributed by atoms with Crippen LogP contribution in [0.4, 0.5) is 5.69 Å². The molecule has 1 rings (SSSR count). The molecule has 0 aliphatic heterocycles. The number of rotatable bonds is 5. The minimum absolute atomic E-state index is 0.175. The zero-order valence-electron chi connectivity index (χ0n) is 10.1. The summed E-state index contributed by atoms with van der Waals surface area (Å²) in [7, 11) is 3.99. The first-order valence-corrected chi connectivity index (χ1v) is 5.97. The molecule has 3 heteroatoms. The maximum absolute atomic E-state index is 11.8. The van der Waals surface area contributed by atoms with Gasteiger partial charge in [0.15, 0.2) is 5.78 Å². The van der Waals surface area contributed by atoms with Gasteiger partial charge < -0.3 is 4.90 Å². The molecule has 0 bridgehead atoms. The van der Waals surface area contributed by atoms with Crippen molar-refractivity contribution in [3.8, 4) is 0 Å². The van der Waals surface area contributed by atoms with E-state index < -0.39 is 0 Å². The van der Waals surface area contributed by atoms with Crippen molar-refractivity contribution in [2.75, 3.05) is 24.9 Å². The molecule has 0 radical (unpaired) electrons. The molecule has 0 unspecified atom stereocenters. The molecule has 88 valence electrons. The van der Waals surface area contributed by atoms with Crippen LogP contribution >= 0.6 is 11.6 Å². The molecule has 0 saturated heterocycles. The predicted molar refractivity (Wildman–Crippen MR) is 69.8 cm³/mol. The lowest BCUT2D eigenvalue weighted by Crippen LogP contribution is -2.11. The minimum atomic E-state index is 0.175. The van der Waals surface area contributed by atoms with Crippen LogP contribution in [-0.2, 0) is 0 Å². The molecule has 1 aromatic carbocycles. The molecule has 16 heavy (non-hydrogen) atoms. The summed E-state index contributed by atoms with van der Waals surface area (Å²) < 4.78 is 0. The number of alkyl halides is 1. The van der Waals surface area contributed by atoms with Crippen LogP contribution in [0.2, 0.25) is 0 Å². The molecular weight excluding hydrogens is 222 g/mol. The molecule has 0 aliphatic carbocycles. The molecule has 2 nitrogen and oxygen atoms in total. The van der Waals surface area contributed by atoms with Gasteiger partial charge in [0.2, 0.25) is 0 Å². The Kier molecular flexibility index (Phi) is 4.81. The van der Waals surface area contributed by atoms with Crippen molar-refractivity contribution in [3.05, 3.63) is 29.3 Å². The second-order valence-electron chi connectivity index (χ2n) is 4.11. The first kappa shape index (κ1) is 13.0. The summed E-state index contributed by atoms with van der Waals surface area (Å²) in [5, 5.41) is 0. The summed E-state index contributed by atoms with van der Waals surface area (Å²) in [6.07, 6.45) is 1.28. The Bertz CT molecular complexity index is 374. The number of carbonyl (C=O) groups is 1. The van der Waals surface area contributed by atoms with E-state index in [9.17, 15) is 4.79 Å². The van der Waals surface area contributed by atoms with Gasteiger partial charge in [0.05, 0.1) is 0 Å². The Hall–Kier alpha value is -1.02. The third-order valence-electron chi connectivity index (χ3n) is 2.54. The van der Waals surface area contributed by atoms with Crippen molar-refractivity contribution in [2.24, 2.45) is 0 Å². The van der Waals surface area contributed by atoms with Crippen molar-refractivity contribution in [1.29, 1.82) is 0 Å². The summed E-state index contributed by atoms with van der Waals surface area (Å²) in [5.74, 6) is 0.717. The number of anilines is 1. The van der Waals surface area contributed by atoms with E-state index >= 15 is 0 Å². The van der Waals surface area contributed by atoms with Gasteiger partial charge in [-0.15, -0.1) is 11.6 Å². The van der Waals surface area contributed by atoms with E-state index in [0.717, 1.165) is 23.2 Å². The average Bonchev–Trinajstić information content (AvgIpc) is 2.25. The molecule has 0 heterocycles. The molecular formula is C13H18ClNO. The van der Waals surface area contributed by atoms with Crippen molar-refractivity contribution < 1.29 is 4.79 Å². The van der Waals surface area contributed by atoms with Crippen molar-refractivity contribution in [1.82, 2.24) is 0 Å². The second kappa shape index (κ2) is 5.90. The smallest absolute Gasteiger partial charge is 0.162 e. The van der Waals surface area contributed by atoms with E-state index in [0.29, 0.717) is 12.3 Å². The molecule has 0 atom stereocenters. The van der Waals surface area contributed by atoms with E-state index in [1.54, 1.807) is 0 Å². The quantitative estimate of drug-likeness (QED) is 0.581. The topological polar surface area (TPSA) is 20.3 Å². The van der Waals surface area contributed by atoms with Crippen LogP contribution in [0.25, 0.3) is 0 Å². The van der Waals surface area contributed by atoms with Gasteiger partial charge in [-0.2, -0.15) is 0 Å². The number of hydrogen-bond donors (Lipinski definition) is 0. The standard InChI is InChI=1S/C13H18ClNO/c1-10-9-11(13(16)5-4-8-14)6-7-12(10)15(2)3/h6-7,9H,4-5,8H2,1-3H3. The van der Waals surface area contributed by atoms with Crippen LogP contribution in [0.5, 0.6) is 0 Å². The molecule has 0 amide bonds. The lowest BCUT2D eigenvalue weighted by atomic mass is 10.0. The van der Waals surface area contributed by atoms with Crippen molar-refractivity contribution in [2.45, 2.75) is 19.8 Å². The highest BCUT2D eigenvalue weighted by atomic mass is 35.5. The first-order valence-electron chi connectivity index (χ1n) is 5.43. The summed E-state index contributed by atoms with van der Waals surface area (Å²) in [4.78, 5) is 13.8. The Balaban J connectivity index is 2.84. The molecule has 1 aromatic rings. The van der Waals surface area contributed by atoms with E-state index in [1.165, 1.54) is 0 Å². The zero-order valence-corrected chi connectivity index (χ0v) is 10.8. The maximum atomic E-state index is 11.8. The molecule has 0 spiro atoms. The van der Waals surface area contributed by atoms with Gasteiger partial charge in [0.25, 0.3) is 0 Å². The third-order valence-corrected chi connectivity index (χ3v) is 2.81. The monoisotopic (exact) mass is 239 g/mol. The number of Topliss-reactive ketones (excluding diaryl/α,β-unsaturated/α-hetero) is 1. The maximum Gasteiger partial charge on any atom is 0.162 e. The second-order valence-corrected chi connectivity index (χ2v) is 4.49. The van der Waals surface area contributed by atoms with Crippen LogP contribution in [0.15, 0.2) is 18.2 Å². The first-order chi connectivity index (χ1) is 7.56. The van der Waals surface area contributed by atoms with Gasteiger partial charge in [-0.05, 0) is 37.1 Å². The molecule has 0 aliphatic rings. The summed E-state index contributed by atoms with van der Waals surface area (Å²) in [6, 6.07) is 5.83. The van der Waals surface area contributed by atoms with Crippen LogP contribution in [-0.4, -0.2) is 25.8 Å². The van der Waals surface area contributed by atoms with E-state index in [-0.39, 0.29) is 5.78 Å². The Morgan fingerprint density at radius 3 is 2.56 bits per heavy atom. The van der Waals surface area contributed by atoms with Crippen LogP contribution in [0.1, 0.15) is 28.8 Å². The van der Waals surface area contributed by atoms with Gasteiger partial charge in [-0.1, -0.05) is 0 Å². The zero-order chi connectivity index (χ0) is 12.1. The van der Waals surface area contributed by atoms with E-state index in [4.69, 9.17) is 11.6 Å². The number of aryl methyl sites for hydroxylation is 1. The Labute approximate surface area is 102 Å². The normalized spacial score (nSPS) is 10.2. The highest BCUT2D eigenvalue weighted by Crippen LogP contribution is 2.20. The van der Waals surface area contributed by atoms with Crippen LogP contribution in [0.3, 0.4) is 0 Å². The minimum Gasteiger partial charge on any atom is -0.377 e. The summed E-state index contributed by atoms with van der Waals surface area (Å²) in [5.41, 5.74) is 3.06. The van der Waals surface area contributed by atoms with Gasteiger partial charge in [-0.25, -0.2) is 0 Å². The SMILES string of the molecule is Cc1cc(C(=O)CCCCl)ccc1N(C)C. The molecule has 0 fully saturated rings. The van der Waals surface area contributed by atoms with Crippen molar-refractivity contribution in [3.63, 3.8) is 0 Å². The average molecular weight is 240 g/mol. The lowest BCUT2D eigenvalue weighted by Gasteiger charge is -2.16. The van der Waals surface area contributed by atoms with E-state index in [1.807, 2.05) is 44.1 Å². The van der Waals surface area contributed by atoms with Crippen LogP contribution < -0.4 is 4.90 Å². The van der Waals surface area contributed by atoms with Crippen molar-refractivity contribution >= 4 is 23.1 Å². The fourth-order valence-corrected chi connectivity index (χ4v) is 1.84. The number of nitrogens with zero attached hydrogens (tertiary/aromatic N) is 1. The summed E-state index contributed by atoms with van der Waals surface area (Å²) >= 11 is 5.57. The number of hydrogen-bond acceptors (Lipinski definition) is 2. The highest BCUT2D eigenvalue weighted by molar-refractivity contribution is 6.18. The summed E-state index contributed by atoms with van der Waals surface area (Å²) in [6.45, 7) is 2.02. The number of halogens is 1. The van der Waals surface area contributed by atoms with Gasteiger partial charge in [0, 0.05) is 37.6 Å². The largest absolute Gasteiger partial charge is 0.377 e. The lowest BCUT2D eigenvalue weighted by molar-refractivity contribution is 0.0982. The van der Waals surface area contributed by atoms with E-state index in [2.05, 4.69) is 0 Å². The Morgan fingerprint density at radius 1 is 1.38 bits per heavy atom. The van der Waals surface area contributed by atoms with Gasteiger partial charge in [0.1, 0.15) is 0 Å².